The molecule has 0 aromatic heterocycles. The van der Waals surface area contributed by atoms with Gasteiger partial charge in [0.05, 0.1) is 27.6 Å². The Morgan fingerprint density at radius 2 is 1.74 bits per heavy atom. The molecule has 2 aromatic carbocycles. The predicted octanol–water partition coefficient (Wildman–Crippen LogP) is 5.89. The molecular weight excluding hydrogens is 578 g/mol. The zero-order valence-corrected chi connectivity index (χ0v) is 24.2. The second-order valence-corrected chi connectivity index (χ2v) is 11.7. The molecule has 0 bridgehead atoms. The van der Waals surface area contributed by atoms with Gasteiger partial charge in [-0.2, -0.15) is 13.2 Å². The number of carbonyl (C=O) groups is 2. The monoisotopic (exact) mass is 609 g/mol. The summed E-state index contributed by atoms with van der Waals surface area (Å²) in [6, 6.07) is 8.06. The van der Waals surface area contributed by atoms with Gasteiger partial charge >= 0.3 is 6.18 Å². The average molecular weight is 611 g/mol. The fourth-order valence-corrected chi connectivity index (χ4v) is 5.24. The van der Waals surface area contributed by atoms with E-state index in [1.807, 2.05) is 6.92 Å². The van der Waals surface area contributed by atoms with Crippen LogP contribution in [0.4, 0.5) is 18.9 Å². The van der Waals surface area contributed by atoms with E-state index in [-0.39, 0.29) is 42.5 Å². The molecular formula is C26H32Cl2F3N3O4S. The number of anilines is 1. The van der Waals surface area contributed by atoms with Gasteiger partial charge in [0.2, 0.25) is 21.8 Å². The molecule has 0 aliphatic carbocycles. The smallest absolute Gasteiger partial charge is 0.354 e. The molecule has 2 rings (SSSR count). The van der Waals surface area contributed by atoms with Gasteiger partial charge in [-0.25, -0.2) is 8.42 Å². The summed E-state index contributed by atoms with van der Waals surface area (Å²) in [6.45, 7) is 3.93. The molecule has 2 aromatic rings. The minimum Gasteiger partial charge on any atom is -0.354 e. The second-order valence-electron chi connectivity index (χ2n) is 8.97. The standard InChI is InChI=1S/C26H32Cl2F3N3O4S/c1-4-13-32-25(36)23(5-2)33(17-18-11-12-21(27)22(28)15-18)24(35)10-7-14-34(39(3,37)38)20-9-6-8-19(16-20)26(29,30)31/h6,8-9,11-12,15-16,23H,4-5,7,10,13-14,17H2,1-3H3,(H,32,36). The van der Waals surface area contributed by atoms with Crippen LogP contribution in [0.3, 0.4) is 0 Å². The van der Waals surface area contributed by atoms with Gasteiger partial charge in [-0.3, -0.25) is 13.9 Å². The fourth-order valence-electron chi connectivity index (χ4n) is 3.96. The van der Waals surface area contributed by atoms with Crippen molar-refractivity contribution in [2.45, 2.75) is 58.3 Å². The average Bonchev–Trinajstić information content (AvgIpc) is 2.86. The van der Waals surface area contributed by atoms with Crippen LogP contribution in [0.2, 0.25) is 10.0 Å². The molecule has 13 heteroatoms. The van der Waals surface area contributed by atoms with E-state index in [9.17, 15) is 31.2 Å². The maximum absolute atomic E-state index is 13.4. The van der Waals surface area contributed by atoms with Crippen molar-refractivity contribution in [1.82, 2.24) is 10.2 Å². The van der Waals surface area contributed by atoms with E-state index in [1.165, 1.54) is 11.0 Å². The van der Waals surface area contributed by atoms with E-state index < -0.39 is 33.7 Å². The molecule has 2 amide bonds. The van der Waals surface area contributed by atoms with Gasteiger partial charge in [0.15, 0.2) is 0 Å². The van der Waals surface area contributed by atoms with E-state index in [0.29, 0.717) is 30.0 Å². The minimum atomic E-state index is -4.65. The first-order valence-corrected chi connectivity index (χ1v) is 15.0. The summed E-state index contributed by atoms with van der Waals surface area (Å²) < 4.78 is 65.2. The summed E-state index contributed by atoms with van der Waals surface area (Å²) >= 11 is 12.1. The third-order valence-electron chi connectivity index (χ3n) is 5.89. The van der Waals surface area contributed by atoms with Crippen molar-refractivity contribution in [3.8, 4) is 0 Å². The maximum atomic E-state index is 13.4. The summed E-state index contributed by atoms with van der Waals surface area (Å²) in [5.74, 6) is -0.744. The number of amides is 2. The van der Waals surface area contributed by atoms with Crippen LogP contribution in [0.5, 0.6) is 0 Å². The lowest BCUT2D eigenvalue weighted by Crippen LogP contribution is -2.49. The predicted molar refractivity (Wildman–Crippen MR) is 147 cm³/mol. The lowest BCUT2D eigenvalue weighted by atomic mass is 10.1. The maximum Gasteiger partial charge on any atom is 0.416 e. The van der Waals surface area contributed by atoms with Gasteiger partial charge < -0.3 is 10.2 Å². The Balaban J connectivity index is 2.27. The molecule has 0 radical (unpaired) electrons. The van der Waals surface area contributed by atoms with Crippen molar-refractivity contribution in [2.24, 2.45) is 0 Å². The Kier molecular flexibility index (Phi) is 11.9. The molecule has 0 aliphatic heterocycles. The number of carbonyl (C=O) groups excluding carboxylic acids is 2. The van der Waals surface area contributed by atoms with Crippen molar-refractivity contribution in [3.63, 3.8) is 0 Å². The van der Waals surface area contributed by atoms with Crippen molar-refractivity contribution >= 4 is 50.7 Å². The van der Waals surface area contributed by atoms with Crippen molar-refractivity contribution in [1.29, 1.82) is 0 Å². The van der Waals surface area contributed by atoms with E-state index in [4.69, 9.17) is 23.2 Å². The second kappa shape index (κ2) is 14.2. The van der Waals surface area contributed by atoms with E-state index >= 15 is 0 Å². The molecule has 0 fully saturated rings. The van der Waals surface area contributed by atoms with Crippen molar-refractivity contribution in [2.75, 3.05) is 23.7 Å². The third-order valence-corrected chi connectivity index (χ3v) is 7.82. The Bertz CT molecular complexity index is 1260. The molecule has 0 saturated carbocycles. The Hall–Kier alpha value is -2.50. The number of alkyl halides is 3. The van der Waals surface area contributed by atoms with Crippen LogP contribution < -0.4 is 9.62 Å². The highest BCUT2D eigenvalue weighted by molar-refractivity contribution is 7.92. The van der Waals surface area contributed by atoms with Crippen LogP contribution in [0.1, 0.15) is 50.7 Å². The zero-order chi connectivity index (χ0) is 29.4. The SMILES string of the molecule is CCCNC(=O)C(CC)N(Cc1ccc(Cl)c(Cl)c1)C(=O)CCCN(c1cccc(C(F)(F)F)c1)S(C)(=O)=O. The van der Waals surface area contributed by atoms with Crippen LogP contribution in [0, 0.1) is 0 Å². The molecule has 7 nitrogen and oxygen atoms in total. The molecule has 1 unspecified atom stereocenters. The minimum absolute atomic E-state index is 0.00698. The van der Waals surface area contributed by atoms with E-state index in [2.05, 4.69) is 5.32 Å². The van der Waals surface area contributed by atoms with Crippen LogP contribution in [-0.2, 0) is 32.3 Å². The van der Waals surface area contributed by atoms with Crippen molar-refractivity contribution in [3.05, 3.63) is 63.6 Å². The molecule has 0 saturated heterocycles. The Morgan fingerprint density at radius 3 is 2.31 bits per heavy atom. The van der Waals surface area contributed by atoms with Gasteiger partial charge in [-0.1, -0.05) is 49.2 Å². The first-order valence-electron chi connectivity index (χ1n) is 12.3. The highest BCUT2D eigenvalue weighted by Gasteiger charge is 2.32. The molecule has 1 atom stereocenters. The molecule has 0 heterocycles. The number of sulfonamides is 1. The number of hydrogen-bond acceptors (Lipinski definition) is 4. The van der Waals surface area contributed by atoms with Crippen LogP contribution in [-0.4, -0.2) is 50.5 Å². The molecule has 39 heavy (non-hydrogen) atoms. The van der Waals surface area contributed by atoms with Gasteiger partial charge in [0.25, 0.3) is 0 Å². The fraction of sp³-hybridized carbons (Fsp3) is 0.462. The zero-order valence-electron chi connectivity index (χ0n) is 21.9. The normalized spacial score (nSPS) is 12.6. The van der Waals surface area contributed by atoms with Gasteiger partial charge in [-0.15, -0.1) is 0 Å². The topological polar surface area (TPSA) is 86.8 Å². The summed E-state index contributed by atoms with van der Waals surface area (Å²) in [7, 11) is -3.95. The summed E-state index contributed by atoms with van der Waals surface area (Å²) in [5, 5.41) is 3.42. The number of nitrogens with one attached hydrogen (secondary N) is 1. The Morgan fingerprint density at radius 1 is 1.05 bits per heavy atom. The summed E-state index contributed by atoms with van der Waals surface area (Å²) in [5.41, 5.74) is -0.500. The number of rotatable bonds is 13. The van der Waals surface area contributed by atoms with Crippen molar-refractivity contribution < 1.29 is 31.2 Å². The summed E-state index contributed by atoms with van der Waals surface area (Å²) in [6.07, 6.45) is -2.87. The van der Waals surface area contributed by atoms with Gasteiger partial charge in [0.1, 0.15) is 6.04 Å². The van der Waals surface area contributed by atoms with Crippen LogP contribution >= 0.6 is 23.2 Å². The highest BCUT2D eigenvalue weighted by Crippen LogP contribution is 2.32. The highest BCUT2D eigenvalue weighted by atomic mass is 35.5. The van der Waals surface area contributed by atoms with E-state index in [1.54, 1.807) is 25.1 Å². The first kappa shape index (κ1) is 32.7. The van der Waals surface area contributed by atoms with Gasteiger partial charge in [0, 0.05) is 26.1 Å². The quantitative estimate of drug-likeness (QED) is 0.307. The van der Waals surface area contributed by atoms with Crippen LogP contribution in [0.15, 0.2) is 42.5 Å². The molecule has 0 spiro atoms. The first-order chi connectivity index (χ1) is 18.2. The number of halogens is 5. The largest absolute Gasteiger partial charge is 0.416 e. The number of hydrogen-bond donors (Lipinski definition) is 1. The van der Waals surface area contributed by atoms with E-state index in [0.717, 1.165) is 28.8 Å². The molecule has 0 aliphatic rings. The number of nitrogens with zero attached hydrogens (tertiary/aromatic N) is 2. The lowest BCUT2D eigenvalue weighted by Gasteiger charge is -2.31. The van der Waals surface area contributed by atoms with Crippen LogP contribution in [0.25, 0.3) is 0 Å². The molecule has 1 N–H and O–H groups in total. The molecule has 216 valence electrons. The summed E-state index contributed by atoms with van der Waals surface area (Å²) in [4.78, 5) is 27.7. The lowest BCUT2D eigenvalue weighted by molar-refractivity contribution is -0.141. The van der Waals surface area contributed by atoms with Gasteiger partial charge in [-0.05, 0) is 55.2 Å². The third kappa shape index (κ3) is 9.58. The Labute approximate surface area is 237 Å². The number of benzene rings is 2.